The predicted molar refractivity (Wildman–Crippen MR) is 100 cm³/mol. The summed E-state index contributed by atoms with van der Waals surface area (Å²) < 4.78 is 13.0. The Labute approximate surface area is 155 Å². The average Bonchev–Trinajstić information content (AvgIpc) is 3.08. The molecule has 1 aliphatic rings. The third-order valence-electron chi connectivity index (χ3n) is 5.42. The van der Waals surface area contributed by atoms with E-state index in [0.717, 1.165) is 12.8 Å². The predicted octanol–water partition coefficient (Wildman–Crippen LogP) is 2.57. The first-order valence-corrected chi connectivity index (χ1v) is 9.27. The van der Waals surface area contributed by atoms with Crippen LogP contribution in [-0.4, -0.2) is 48.9 Å². The van der Waals surface area contributed by atoms with Crippen molar-refractivity contribution in [3.63, 3.8) is 0 Å². The SMILES string of the molecule is CC(C)C(NC(=O)c1ccc(F)cc1)C(=O)NCC1(N(C)C)CCCC1. The molecular weight excluding hydrogens is 333 g/mol. The van der Waals surface area contributed by atoms with Crippen LogP contribution < -0.4 is 10.6 Å². The maximum atomic E-state index is 13.0. The van der Waals surface area contributed by atoms with Crippen molar-refractivity contribution in [2.45, 2.75) is 51.1 Å². The first-order chi connectivity index (χ1) is 12.2. The third-order valence-corrected chi connectivity index (χ3v) is 5.42. The van der Waals surface area contributed by atoms with Crippen LogP contribution in [0.25, 0.3) is 0 Å². The molecule has 1 saturated carbocycles. The number of hydrogen-bond acceptors (Lipinski definition) is 3. The van der Waals surface area contributed by atoms with Crippen LogP contribution in [-0.2, 0) is 4.79 Å². The van der Waals surface area contributed by atoms with Crippen LogP contribution in [0.15, 0.2) is 24.3 Å². The Kier molecular flexibility index (Phi) is 6.75. The number of halogens is 1. The number of hydrogen-bond donors (Lipinski definition) is 2. The largest absolute Gasteiger partial charge is 0.352 e. The Bertz CT molecular complexity index is 622. The lowest BCUT2D eigenvalue weighted by molar-refractivity contribution is -0.124. The number of amides is 2. The summed E-state index contributed by atoms with van der Waals surface area (Å²) in [5.41, 5.74) is 0.337. The molecule has 2 rings (SSSR count). The Balaban J connectivity index is 2.00. The molecule has 1 fully saturated rings. The molecule has 0 radical (unpaired) electrons. The fourth-order valence-corrected chi connectivity index (χ4v) is 3.54. The Morgan fingerprint density at radius 1 is 1.15 bits per heavy atom. The zero-order valence-corrected chi connectivity index (χ0v) is 16.1. The van der Waals surface area contributed by atoms with Crippen molar-refractivity contribution in [3.05, 3.63) is 35.6 Å². The number of carbonyl (C=O) groups is 2. The lowest BCUT2D eigenvalue weighted by Crippen LogP contribution is -2.55. The van der Waals surface area contributed by atoms with Gasteiger partial charge in [0, 0.05) is 17.6 Å². The molecule has 26 heavy (non-hydrogen) atoms. The normalized spacial score (nSPS) is 17.3. The fraction of sp³-hybridized carbons (Fsp3) is 0.600. The fourth-order valence-electron chi connectivity index (χ4n) is 3.54. The van der Waals surface area contributed by atoms with Gasteiger partial charge in [-0.05, 0) is 57.1 Å². The molecule has 144 valence electrons. The van der Waals surface area contributed by atoms with Gasteiger partial charge >= 0.3 is 0 Å². The third kappa shape index (κ3) is 4.81. The second-order valence-corrected chi connectivity index (χ2v) is 7.75. The smallest absolute Gasteiger partial charge is 0.251 e. The highest BCUT2D eigenvalue weighted by molar-refractivity contribution is 5.97. The molecule has 0 spiro atoms. The summed E-state index contributed by atoms with van der Waals surface area (Å²) >= 11 is 0. The van der Waals surface area contributed by atoms with Crippen molar-refractivity contribution in [2.75, 3.05) is 20.6 Å². The van der Waals surface area contributed by atoms with Gasteiger partial charge in [-0.15, -0.1) is 0 Å². The molecule has 2 amide bonds. The van der Waals surface area contributed by atoms with E-state index in [1.54, 1.807) is 0 Å². The van der Waals surface area contributed by atoms with Gasteiger partial charge in [-0.2, -0.15) is 0 Å². The average molecular weight is 363 g/mol. The lowest BCUT2D eigenvalue weighted by atomic mass is 9.95. The van der Waals surface area contributed by atoms with Crippen LogP contribution in [0.5, 0.6) is 0 Å². The van der Waals surface area contributed by atoms with Gasteiger partial charge in [0.1, 0.15) is 11.9 Å². The van der Waals surface area contributed by atoms with E-state index in [4.69, 9.17) is 0 Å². The molecule has 0 bridgehead atoms. The first kappa shape index (κ1) is 20.4. The van der Waals surface area contributed by atoms with Crippen molar-refractivity contribution in [1.29, 1.82) is 0 Å². The van der Waals surface area contributed by atoms with Gasteiger partial charge in [-0.25, -0.2) is 4.39 Å². The van der Waals surface area contributed by atoms with E-state index in [1.165, 1.54) is 37.1 Å². The number of nitrogens with one attached hydrogen (secondary N) is 2. The van der Waals surface area contributed by atoms with Gasteiger partial charge < -0.3 is 15.5 Å². The minimum absolute atomic E-state index is 0.00183. The molecule has 1 atom stereocenters. The van der Waals surface area contributed by atoms with Crippen molar-refractivity contribution in [2.24, 2.45) is 5.92 Å². The molecule has 1 aliphatic carbocycles. The zero-order chi connectivity index (χ0) is 19.3. The molecule has 1 unspecified atom stereocenters. The van der Waals surface area contributed by atoms with Crippen LogP contribution in [0.1, 0.15) is 49.9 Å². The maximum absolute atomic E-state index is 13.0. The summed E-state index contributed by atoms with van der Waals surface area (Å²) in [5.74, 6) is -1.01. The molecule has 0 saturated heterocycles. The second-order valence-electron chi connectivity index (χ2n) is 7.75. The summed E-state index contributed by atoms with van der Waals surface area (Å²) in [6.45, 7) is 4.37. The maximum Gasteiger partial charge on any atom is 0.251 e. The number of benzene rings is 1. The van der Waals surface area contributed by atoms with Gasteiger partial charge in [0.2, 0.25) is 5.91 Å². The topological polar surface area (TPSA) is 61.4 Å². The number of carbonyl (C=O) groups excluding carboxylic acids is 2. The molecule has 5 nitrogen and oxygen atoms in total. The highest BCUT2D eigenvalue weighted by Crippen LogP contribution is 2.33. The minimum atomic E-state index is -0.631. The van der Waals surface area contributed by atoms with Gasteiger partial charge in [0.25, 0.3) is 5.91 Å². The van der Waals surface area contributed by atoms with E-state index in [1.807, 2.05) is 27.9 Å². The summed E-state index contributed by atoms with van der Waals surface area (Å²) in [5, 5.41) is 5.82. The zero-order valence-electron chi connectivity index (χ0n) is 16.1. The Morgan fingerprint density at radius 3 is 2.23 bits per heavy atom. The summed E-state index contributed by atoms with van der Waals surface area (Å²) in [6, 6.07) is 4.67. The standard InChI is InChI=1S/C20H30FN3O2/c1-14(2)17(23-18(25)15-7-9-16(21)10-8-15)19(26)22-13-20(24(3)4)11-5-6-12-20/h7-10,14,17H,5-6,11-13H2,1-4H3,(H,22,26)(H,23,25). The number of nitrogens with zero attached hydrogens (tertiary/aromatic N) is 1. The van der Waals surface area contributed by atoms with Crippen molar-refractivity contribution in [1.82, 2.24) is 15.5 Å². The number of rotatable bonds is 7. The molecule has 0 aliphatic heterocycles. The van der Waals surface area contributed by atoms with Gasteiger partial charge in [0.05, 0.1) is 0 Å². The highest BCUT2D eigenvalue weighted by Gasteiger charge is 2.37. The molecule has 6 heteroatoms. The lowest BCUT2D eigenvalue weighted by Gasteiger charge is -2.37. The monoisotopic (exact) mass is 363 g/mol. The van der Waals surface area contributed by atoms with Crippen molar-refractivity contribution >= 4 is 11.8 Å². The Hall–Kier alpha value is -1.95. The van der Waals surface area contributed by atoms with Crippen molar-refractivity contribution < 1.29 is 14.0 Å². The molecule has 1 aromatic rings. The summed E-state index contributed by atoms with van der Waals surface area (Å²) in [7, 11) is 4.10. The first-order valence-electron chi connectivity index (χ1n) is 9.27. The van der Waals surface area contributed by atoms with E-state index >= 15 is 0 Å². The molecule has 2 N–H and O–H groups in total. The van der Waals surface area contributed by atoms with Gasteiger partial charge in [-0.1, -0.05) is 26.7 Å². The summed E-state index contributed by atoms with van der Waals surface area (Å²) in [4.78, 5) is 27.3. The van der Waals surface area contributed by atoms with Crippen LogP contribution in [0.4, 0.5) is 4.39 Å². The molecule has 1 aromatic carbocycles. The van der Waals surface area contributed by atoms with Crippen molar-refractivity contribution in [3.8, 4) is 0 Å². The molecular formula is C20H30FN3O2. The van der Waals surface area contributed by atoms with E-state index in [-0.39, 0.29) is 23.3 Å². The van der Waals surface area contributed by atoms with Crippen LogP contribution in [0.3, 0.4) is 0 Å². The van der Waals surface area contributed by atoms with E-state index in [2.05, 4.69) is 15.5 Å². The van der Waals surface area contributed by atoms with Crippen LogP contribution >= 0.6 is 0 Å². The minimum Gasteiger partial charge on any atom is -0.352 e. The van der Waals surface area contributed by atoms with Gasteiger partial charge in [0.15, 0.2) is 0 Å². The quantitative estimate of drug-likeness (QED) is 0.783. The number of likely N-dealkylation sites (N-methyl/N-ethyl adjacent to an activating group) is 1. The van der Waals surface area contributed by atoms with Gasteiger partial charge in [-0.3, -0.25) is 9.59 Å². The van der Waals surface area contributed by atoms with Crippen LogP contribution in [0.2, 0.25) is 0 Å². The second kappa shape index (κ2) is 8.62. The highest BCUT2D eigenvalue weighted by atomic mass is 19.1. The molecule has 0 heterocycles. The molecule has 0 aromatic heterocycles. The van der Waals surface area contributed by atoms with E-state index in [0.29, 0.717) is 12.1 Å². The van der Waals surface area contributed by atoms with E-state index < -0.39 is 11.9 Å². The van der Waals surface area contributed by atoms with E-state index in [9.17, 15) is 14.0 Å². The summed E-state index contributed by atoms with van der Waals surface area (Å²) in [6.07, 6.45) is 4.47. The van der Waals surface area contributed by atoms with Crippen LogP contribution in [0, 0.1) is 11.7 Å². The Morgan fingerprint density at radius 2 is 1.73 bits per heavy atom.